The Labute approximate surface area is 316 Å². The summed E-state index contributed by atoms with van der Waals surface area (Å²) in [6.07, 6.45) is 11.4. The smallest absolute Gasteiger partial charge is 0.335 e. The lowest BCUT2D eigenvalue weighted by atomic mass is 9.36. The lowest BCUT2D eigenvalue weighted by Crippen LogP contribution is -2.64. The van der Waals surface area contributed by atoms with Gasteiger partial charge in [0.05, 0.1) is 17.1 Å². The molecular weight excluding hydrogens is 661 g/mol. The van der Waals surface area contributed by atoms with E-state index in [1.807, 2.05) is 18.2 Å². The Balaban J connectivity index is 1.02. The van der Waals surface area contributed by atoms with E-state index in [0.717, 1.165) is 49.7 Å². The number of hydrogen-bond acceptors (Lipinski definition) is 4. The second kappa shape index (κ2) is 14.0. The molecule has 2 aromatic carbocycles. The molecule has 2 aromatic rings. The molecule has 10 atom stereocenters. The van der Waals surface area contributed by atoms with Gasteiger partial charge in [-0.2, -0.15) is 0 Å². The first kappa shape index (κ1) is 37.8. The molecule has 7 heteroatoms. The zero-order chi connectivity index (χ0) is 37.9. The summed E-state index contributed by atoms with van der Waals surface area (Å²) in [6.45, 7) is 17.4. The molecule has 53 heavy (non-hydrogen) atoms. The van der Waals surface area contributed by atoms with Crippen LogP contribution in [0.2, 0.25) is 0 Å². The van der Waals surface area contributed by atoms with Crippen LogP contribution in [0.3, 0.4) is 0 Å². The second-order valence-corrected chi connectivity index (χ2v) is 19.0. The highest BCUT2D eigenvalue weighted by atomic mass is 16.4. The summed E-state index contributed by atoms with van der Waals surface area (Å²) in [4.78, 5) is 38.7. The molecule has 0 saturated heterocycles. The molecule has 7 nitrogen and oxygen atoms in total. The number of allylic oxidation sites excluding steroid dienone is 1. The Morgan fingerprint density at radius 3 is 2.23 bits per heavy atom. The van der Waals surface area contributed by atoms with Gasteiger partial charge in [-0.3, -0.25) is 9.59 Å². The molecule has 7 rings (SSSR count). The number of aromatic carboxylic acids is 1. The SMILES string of the molecule is C=C(C)C1CCC2(C(=O)NCCc3cccc(C(=O)NCc4ccc(C(=O)O)cc4)c3)CCC3C(CCC4C3(C)CCC3C(C)(C)C(O)CCC34C)C12. The fourth-order valence-electron chi connectivity index (χ4n) is 13.6. The molecule has 286 valence electrons. The van der Waals surface area contributed by atoms with Crippen molar-refractivity contribution in [1.29, 1.82) is 0 Å². The van der Waals surface area contributed by atoms with Crippen molar-refractivity contribution < 1.29 is 24.6 Å². The van der Waals surface area contributed by atoms with Crippen LogP contribution in [0.4, 0.5) is 0 Å². The summed E-state index contributed by atoms with van der Waals surface area (Å²) < 4.78 is 0. The maximum absolute atomic E-state index is 14.5. The molecule has 0 aromatic heterocycles. The standard InChI is InChI=1S/C46H62N2O5/c1-28(2)33-16-23-46(42(53)47-25-20-29-8-7-9-32(26-29)40(50)48-27-30-10-12-31(13-11-30)41(51)52)24-17-35-34(39(33)46)14-15-37-44(35,5)21-18-36-43(3,4)38(49)19-22-45(36,37)6/h7-13,26,33-39,49H,1,14-25,27H2,2-6H3,(H,47,53)(H,48,50)(H,51,52). The van der Waals surface area contributed by atoms with E-state index in [4.69, 9.17) is 5.11 Å². The monoisotopic (exact) mass is 722 g/mol. The average Bonchev–Trinajstić information content (AvgIpc) is 3.54. The molecule has 10 unspecified atom stereocenters. The van der Waals surface area contributed by atoms with E-state index >= 15 is 0 Å². The zero-order valence-corrected chi connectivity index (χ0v) is 32.7. The van der Waals surface area contributed by atoms with Crippen LogP contribution in [0, 0.1) is 57.2 Å². The fourth-order valence-corrected chi connectivity index (χ4v) is 13.6. The van der Waals surface area contributed by atoms with E-state index in [0.29, 0.717) is 60.6 Å². The number of hydrogen-bond donors (Lipinski definition) is 4. The number of benzene rings is 2. The first-order valence-corrected chi connectivity index (χ1v) is 20.4. The maximum atomic E-state index is 14.5. The van der Waals surface area contributed by atoms with Gasteiger partial charge in [-0.05, 0) is 165 Å². The number of carbonyl (C=O) groups is 3. The minimum Gasteiger partial charge on any atom is -0.478 e. The van der Waals surface area contributed by atoms with Crippen LogP contribution in [0.5, 0.6) is 0 Å². The predicted octanol–water partition coefficient (Wildman–Crippen LogP) is 8.60. The van der Waals surface area contributed by atoms with Gasteiger partial charge in [-0.15, -0.1) is 0 Å². The lowest BCUT2D eigenvalue weighted by molar-refractivity contribution is -0.216. The van der Waals surface area contributed by atoms with Crippen LogP contribution in [0.25, 0.3) is 0 Å². The van der Waals surface area contributed by atoms with Gasteiger partial charge in [0.1, 0.15) is 0 Å². The van der Waals surface area contributed by atoms with Crippen molar-refractivity contribution in [2.45, 2.75) is 118 Å². The Morgan fingerprint density at radius 1 is 0.792 bits per heavy atom. The van der Waals surface area contributed by atoms with E-state index in [2.05, 4.69) is 51.8 Å². The Kier molecular flexibility index (Phi) is 10.00. The van der Waals surface area contributed by atoms with Crippen LogP contribution in [-0.4, -0.2) is 40.6 Å². The molecule has 5 aliphatic rings. The van der Waals surface area contributed by atoms with Crippen molar-refractivity contribution >= 4 is 17.8 Å². The van der Waals surface area contributed by atoms with Crippen LogP contribution in [-0.2, 0) is 17.8 Å². The van der Waals surface area contributed by atoms with Crippen LogP contribution < -0.4 is 10.6 Å². The van der Waals surface area contributed by atoms with Crippen molar-refractivity contribution in [2.75, 3.05) is 6.54 Å². The van der Waals surface area contributed by atoms with Gasteiger partial charge < -0.3 is 20.8 Å². The summed E-state index contributed by atoms with van der Waals surface area (Å²) in [7, 11) is 0. The molecule has 0 aliphatic heterocycles. The molecule has 4 N–H and O–H groups in total. The predicted molar refractivity (Wildman–Crippen MR) is 208 cm³/mol. The van der Waals surface area contributed by atoms with Crippen molar-refractivity contribution in [1.82, 2.24) is 10.6 Å². The van der Waals surface area contributed by atoms with Gasteiger partial charge in [0.25, 0.3) is 5.91 Å². The van der Waals surface area contributed by atoms with Crippen molar-refractivity contribution in [3.8, 4) is 0 Å². The number of fused-ring (bicyclic) bond motifs is 7. The van der Waals surface area contributed by atoms with E-state index in [-0.39, 0.29) is 45.1 Å². The molecule has 0 bridgehead atoms. The summed E-state index contributed by atoms with van der Waals surface area (Å²) in [5.41, 5.74) is 3.96. The minimum atomic E-state index is -0.977. The molecule has 5 aliphatic carbocycles. The molecule has 5 saturated carbocycles. The molecule has 2 amide bonds. The first-order chi connectivity index (χ1) is 25.1. The topological polar surface area (TPSA) is 116 Å². The third-order valence-electron chi connectivity index (χ3n) is 16.2. The largest absolute Gasteiger partial charge is 0.478 e. The van der Waals surface area contributed by atoms with E-state index in [9.17, 15) is 19.5 Å². The number of aliphatic hydroxyl groups is 1. The van der Waals surface area contributed by atoms with Gasteiger partial charge in [-0.25, -0.2) is 4.79 Å². The second-order valence-electron chi connectivity index (χ2n) is 19.0. The number of rotatable bonds is 9. The van der Waals surface area contributed by atoms with E-state index in [1.54, 1.807) is 18.2 Å². The maximum Gasteiger partial charge on any atom is 0.335 e. The normalized spacial score (nSPS) is 36.9. The highest BCUT2D eigenvalue weighted by molar-refractivity contribution is 5.94. The number of nitrogens with one attached hydrogen (secondary N) is 2. The summed E-state index contributed by atoms with van der Waals surface area (Å²) in [6, 6.07) is 14.1. The molecule has 5 fully saturated rings. The average molecular weight is 723 g/mol. The number of aliphatic hydroxyl groups excluding tert-OH is 1. The van der Waals surface area contributed by atoms with Crippen molar-refractivity contribution in [2.24, 2.45) is 57.2 Å². The minimum absolute atomic E-state index is 0.0471. The van der Waals surface area contributed by atoms with Gasteiger partial charge in [0.2, 0.25) is 5.91 Å². The first-order valence-electron chi connectivity index (χ1n) is 20.4. The van der Waals surface area contributed by atoms with Crippen LogP contribution in [0.1, 0.15) is 131 Å². The summed E-state index contributed by atoms with van der Waals surface area (Å²) in [5, 5.41) is 26.5. The molecular formula is C46H62N2O5. The molecule has 0 spiro atoms. The van der Waals surface area contributed by atoms with Crippen molar-refractivity contribution in [3.63, 3.8) is 0 Å². The summed E-state index contributed by atoms with van der Waals surface area (Å²) >= 11 is 0. The third kappa shape index (κ3) is 6.37. The Bertz CT molecular complexity index is 1750. The van der Waals surface area contributed by atoms with Gasteiger partial charge in [0, 0.05) is 18.7 Å². The van der Waals surface area contributed by atoms with E-state index < -0.39 is 5.97 Å². The lowest BCUT2D eigenvalue weighted by Gasteiger charge is -2.69. The number of carbonyl (C=O) groups excluding carboxylic acids is 2. The van der Waals surface area contributed by atoms with E-state index in [1.165, 1.54) is 43.4 Å². The highest BCUT2D eigenvalue weighted by Gasteiger charge is 2.68. The number of carboxylic acid groups (broad SMARTS) is 1. The summed E-state index contributed by atoms with van der Waals surface area (Å²) in [5.74, 6) is 2.14. The number of amides is 2. The van der Waals surface area contributed by atoms with Crippen molar-refractivity contribution in [3.05, 3.63) is 82.9 Å². The Hall–Kier alpha value is -3.45. The number of carboxylic acids is 1. The fraction of sp³-hybridized carbons (Fsp3) is 0.630. The Morgan fingerprint density at radius 2 is 1.51 bits per heavy atom. The van der Waals surface area contributed by atoms with Crippen LogP contribution >= 0.6 is 0 Å². The quantitative estimate of drug-likeness (QED) is 0.194. The van der Waals surface area contributed by atoms with Crippen LogP contribution in [0.15, 0.2) is 60.7 Å². The third-order valence-corrected chi connectivity index (χ3v) is 16.2. The zero-order valence-electron chi connectivity index (χ0n) is 32.7. The van der Waals surface area contributed by atoms with Gasteiger partial charge in [0.15, 0.2) is 0 Å². The van der Waals surface area contributed by atoms with Gasteiger partial charge >= 0.3 is 5.97 Å². The molecule has 0 radical (unpaired) electrons. The van der Waals surface area contributed by atoms with Gasteiger partial charge in [-0.1, -0.05) is 64.1 Å². The molecule has 0 heterocycles. The highest BCUT2D eigenvalue weighted by Crippen LogP contribution is 2.73.